The maximum atomic E-state index is 4.35. The van der Waals surface area contributed by atoms with E-state index in [0.29, 0.717) is 5.17 Å². The van der Waals surface area contributed by atoms with Gasteiger partial charge in [0.1, 0.15) is 0 Å². The number of hydrogen-bond donors (Lipinski definition) is 1. The first kappa shape index (κ1) is 18.2. The molecule has 0 aromatic heterocycles. The van der Waals surface area contributed by atoms with Gasteiger partial charge < -0.3 is 0 Å². The van der Waals surface area contributed by atoms with Crippen LogP contribution in [0.5, 0.6) is 0 Å². The van der Waals surface area contributed by atoms with Crippen LogP contribution in [0.1, 0.15) is 55.4 Å². The van der Waals surface area contributed by atoms with Gasteiger partial charge in [-0.05, 0) is 20.1 Å². The van der Waals surface area contributed by atoms with Gasteiger partial charge in [-0.3, -0.25) is 5.43 Å². The van der Waals surface area contributed by atoms with E-state index in [1.807, 2.05) is 20.1 Å². The predicted molar refractivity (Wildman–Crippen MR) is 89.2 cm³/mol. The Balaban J connectivity index is 4.88. The summed E-state index contributed by atoms with van der Waals surface area (Å²) in [5, 5.41) is 13.5. The summed E-state index contributed by atoms with van der Waals surface area (Å²) in [6.45, 7) is 16.8. The zero-order chi connectivity index (χ0) is 15.3. The summed E-state index contributed by atoms with van der Waals surface area (Å²) in [7, 11) is 0. The number of nitrogens with one attached hydrogen (secondary N) is 1. The standard InChI is InChI=1S/C14H28N4S/c1-10(13(3,4)5)15-17-12(19-9)18-16-11(2)14(6,7)8/h1-9H3,(H,17,18)/b15-10+,16-11+. The van der Waals surface area contributed by atoms with Crippen LogP contribution in [0.4, 0.5) is 0 Å². The van der Waals surface area contributed by atoms with Crippen LogP contribution in [-0.2, 0) is 0 Å². The number of hydrogen-bond acceptors (Lipinski definition) is 4. The molecule has 0 heterocycles. The van der Waals surface area contributed by atoms with E-state index in [4.69, 9.17) is 0 Å². The van der Waals surface area contributed by atoms with Crippen molar-refractivity contribution in [2.24, 2.45) is 26.1 Å². The predicted octanol–water partition coefficient (Wildman–Crippen LogP) is 4.14. The van der Waals surface area contributed by atoms with Crippen molar-refractivity contribution in [3.05, 3.63) is 0 Å². The van der Waals surface area contributed by atoms with E-state index < -0.39 is 0 Å². The van der Waals surface area contributed by atoms with Crippen LogP contribution >= 0.6 is 11.8 Å². The number of rotatable bonds is 2. The van der Waals surface area contributed by atoms with E-state index in [-0.39, 0.29) is 10.8 Å². The fraction of sp³-hybridized carbons (Fsp3) is 0.786. The summed E-state index contributed by atoms with van der Waals surface area (Å²) in [4.78, 5) is 0. The first-order valence-corrected chi connectivity index (χ1v) is 7.68. The van der Waals surface area contributed by atoms with Crippen molar-refractivity contribution in [3.8, 4) is 0 Å². The fourth-order valence-corrected chi connectivity index (χ4v) is 0.938. The molecule has 0 radical (unpaired) electrons. The Hall–Kier alpha value is -0.840. The smallest absolute Gasteiger partial charge is 0.203 e. The van der Waals surface area contributed by atoms with Crippen LogP contribution in [0.3, 0.4) is 0 Å². The summed E-state index contributed by atoms with van der Waals surface area (Å²) in [6, 6.07) is 0. The van der Waals surface area contributed by atoms with Crippen molar-refractivity contribution < 1.29 is 0 Å². The van der Waals surface area contributed by atoms with Crippen molar-refractivity contribution in [1.29, 1.82) is 0 Å². The molecule has 0 aromatic rings. The number of nitrogens with zero attached hydrogens (tertiary/aromatic N) is 3. The Bertz CT molecular complexity index is 381. The first-order valence-electron chi connectivity index (χ1n) is 6.46. The van der Waals surface area contributed by atoms with Gasteiger partial charge in [-0.15, -0.1) is 5.10 Å². The summed E-state index contributed by atoms with van der Waals surface area (Å²) < 4.78 is 0. The second-order valence-electron chi connectivity index (χ2n) is 6.60. The normalized spacial score (nSPS) is 15.7. The Morgan fingerprint density at radius 3 is 1.68 bits per heavy atom. The molecule has 0 saturated heterocycles. The highest BCUT2D eigenvalue weighted by Crippen LogP contribution is 2.16. The molecule has 5 heteroatoms. The van der Waals surface area contributed by atoms with Gasteiger partial charge in [0.05, 0.1) is 0 Å². The molecule has 0 aliphatic heterocycles. The minimum absolute atomic E-state index is 0.0393. The summed E-state index contributed by atoms with van der Waals surface area (Å²) in [6.07, 6.45) is 1.95. The Kier molecular flexibility index (Phi) is 6.77. The van der Waals surface area contributed by atoms with Gasteiger partial charge in [-0.1, -0.05) is 53.3 Å². The molecule has 0 bridgehead atoms. The summed E-state index contributed by atoms with van der Waals surface area (Å²) in [5.41, 5.74) is 5.10. The van der Waals surface area contributed by atoms with E-state index in [0.717, 1.165) is 11.4 Å². The van der Waals surface area contributed by atoms with Crippen LogP contribution in [0.2, 0.25) is 0 Å². The van der Waals surface area contributed by atoms with Gasteiger partial charge in [0, 0.05) is 22.3 Å². The average Bonchev–Trinajstić information content (AvgIpc) is 2.25. The third-order valence-corrected chi connectivity index (χ3v) is 3.53. The zero-order valence-corrected chi connectivity index (χ0v) is 14.6. The van der Waals surface area contributed by atoms with Gasteiger partial charge in [0.15, 0.2) is 0 Å². The largest absolute Gasteiger partial charge is 0.254 e. The number of hydrazone groups is 1. The molecular formula is C14H28N4S. The average molecular weight is 284 g/mol. The summed E-state index contributed by atoms with van der Waals surface area (Å²) in [5.74, 6) is 0. The SMILES string of the molecule is CS/C(=N/N=C(\C)C(C)(C)C)N/N=C(\C)C(C)(C)C. The maximum Gasteiger partial charge on any atom is 0.203 e. The molecule has 0 aliphatic carbocycles. The molecule has 0 atom stereocenters. The lowest BCUT2D eigenvalue weighted by molar-refractivity contribution is 0.583. The molecule has 0 spiro atoms. The van der Waals surface area contributed by atoms with E-state index in [2.05, 4.69) is 62.3 Å². The van der Waals surface area contributed by atoms with Crippen LogP contribution < -0.4 is 5.43 Å². The molecule has 0 fully saturated rings. The minimum Gasteiger partial charge on any atom is -0.254 e. The Morgan fingerprint density at radius 1 is 0.842 bits per heavy atom. The topological polar surface area (TPSA) is 49.1 Å². The monoisotopic (exact) mass is 284 g/mol. The van der Waals surface area contributed by atoms with Crippen molar-refractivity contribution in [2.75, 3.05) is 6.26 Å². The molecule has 110 valence electrons. The molecular weight excluding hydrogens is 256 g/mol. The van der Waals surface area contributed by atoms with Gasteiger partial charge in [0.25, 0.3) is 0 Å². The van der Waals surface area contributed by atoms with Crippen LogP contribution in [0, 0.1) is 10.8 Å². The highest BCUT2D eigenvalue weighted by Gasteiger charge is 2.15. The Labute approximate surface area is 122 Å². The lowest BCUT2D eigenvalue weighted by atomic mass is 9.91. The molecule has 0 saturated carbocycles. The molecule has 4 nitrogen and oxygen atoms in total. The highest BCUT2D eigenvalue weighted by atomic mass is 32.2. The number of thioether (sulfide) groups is 1. The molecule has 0 aromatic carbocycles. The van der Waals surface area contributed by atoms with Crippen molar-refractivity contribution in [1.82, 2.24) is 5.43 Å². The molecule has 0 amide bonds. The van der Waals surface area contributed by atoms with Gasteiger partial charge in [-0.2, -0.15) is 10.2 Å². The van der Waals surface area contributed by atoms with Crippen molar-refractivity contribution >= 4 is 28.4 Å². The highest BCUT2D eigenvalue weighted by molar-refractivity contribution is 8.13. The minimum atomic E-state index is 0.0393. The van der Waals surface area contributed by atoms with Crippen molar-refractivity contribution in [2.45, 2.75) is 55.4 Å². The van der Waals surface area contributed by atoms with Crippen LogP contribution in [0.25, 0.3) is 0 Å². The Morgan fingerprint density at radius 2 is 1.32 bits per heavy atom. The molecule has 0 unspecified atom stereocenters. The van der Waals surface area contributed by atoms with Crippen LogP contribution in [-0.4, -0.2) is 22.8 Å². The molecule has 19 heavy (non-hydrogen) atoms. The zero-order valence-electron chi connectivity index (χ0n) is 13.7. The third-order valence-electron chi connectivity index (χ3n) is 2.97. The van der Waals surface area contributed by atoms with E-state index >= 15 is 0 Å². The quantitative estimate of drug-likeness (QED) is 0.470. The third kappa shape index (κ3) is 7.35. The molecule has 1 N–H and O–H groups in total. The lowest BCUT2D eigenvalue weighted by Crippen LogP contribution is -2.23. The van der Waals surface area contributed by atoms with E-state index in [9.17, 15) is 0 Å². The van der Waals surface area contributed by atoms with Crippen molar-refractivity contribution in [3.63, 3.8) is 0 Å². The lowest BCUT2D eigenvalue weighted by Gasteiger charge is -2.18. The first-order chi connectivity index (χ1) is 8.48. The van der Waals surface area contributed by atoms with Gasteiger partial charge in [-0.25, -0.2) is 0 Å². The van der Waals surface area contributed by atoms with Gasteiger partial charge in [0.2, 0.25) is 5.17 Å². The van der Waals surface area contributed by atoms with Gasteiger partial charge >= 0.3 is 0 Å². The van der Waals surface area contributed by atoms with E-state index in [1.54, 1.807) is 0 Å². The molecule has 0 rings (SSSR count). The maximum absolute atomic E-state index is 4.35. The number of amidine groups is 1. The fourth-order valence-electron chi connectivity index (χ4n) is 0.679. The second kappa shape index (κ2) is 7.08. The summed E-state index contributed by atoms with van der Waals surface area (Å²) >= 11 is 1.50. The molecule has 0 aliphatic rings. The van der Waals surface area contributed by atoms with Crippen LogP contribution in [0.15, 0.2) is 15.3 Å². The van der Waals surface area contributed by atoms with E-state index in [1.165, 1.54) is 11.8 Å². The second-order valence-corrected chi connectivity index (χ2v) is 7.40.